The number of aliphatic hydroxyl groups is 1. The van der Waals surface area contributed by atoms with Gasteiger partial charge in [0.05, 0.1) is 17.7 Å². The molecule has 110 valence electrons. The zero-order chi connectivity index (χ0) is 14.9. The van der Waals surface area contributed by atoms with Gasteiger partial charge >= 0.3 is 6.18 Å². The standard InChI is InChI=1S/C13H13F4NO2/c14-11-9(2-1-3-10(11)13(15,16)17)12(20)18(6-7-19)8-4-5-8/h1-3,8,19H,4-7H2. The molecule has 1 N–H and O–H groups in total. The Balaban J connectivity index is 2.34. The average molecular weight is 291 g/mol. The summed E-state index contributed by atoms with van der Waals surface area (Å²) in [6.45, 7) is -0.331. The van der Waals surface area contributed by atoms with Crippen LogP contribution in [0.5, 0.6) is 0 Å². The fourth-order valence-corrected chi connectivity index (χ4v) is 2.01. The predicted molar refractivity (Wildman–Crippen MR) is 62.5 cm³/mol. The number of alkyl halides is 3. The van der Waals surface area contributed by atoms with Crippen LogP contribution in [0.1, 0.15) is 28.8 Å². The Hall–Kier alpha value is -1.63. The zero-order valence-corrected chi connectivity index (χ0v) is 10.5. The van der Waals surface area contributed by atoms with E-state index in [4.69, 9.17) is 5.11 Å². The minimum Gasteiger partial charge on any atom is -0.395 e. The molecule has 0 atom stereocenters. The van der Waals surface area contributed by atoms with Crippen LogP contribution < -0.4 is 0 Å². The second-order valence-corrected chi connectivity index (χ2v) is 4.62. The number of nitrogens with zero attached hydrogens (tertiary/aromatic N) is 1. The van der Waals surface area contributed by atoms with Gasteiger partial charge in [0.25, 0.3) is 5.91 Å². The van der Waals surface area contributed by atoms with Crippen LogP contribution in [-0.4, -0.2) is 35.1 Å². The smallest absolute Gasteiger partial charge is 0.395 e. The average Bonchev–Trinajstić information content (AvgIpc) is 3.18. The molecule has 0 bridgehead atoms. The van der Waals surface area contributed by atoms with E-state index in [1.807, 2.05) is 0 Å². The second-order valence-electron chi connectivity index (χ2n) is 4.62. The summed E-state index contributed by atoms with van der Waals surface area (Å²) < 4.78 is 51.7. The van der Waals surface area contributed by atoms with E-state index in [1.54, 1.807) is 0 Å². The van der Waals surface area contributed by atoms with Crippen molar-refractivity contribution in [2.24, 2.45) is 0 Å². The topological polar surface area (TPSA) is 40.5 Å². The Morgan fingerprint density at radius 3 is 2.50 bits per heavy atom. The maximum atomic E-state index is 13.9. The van der Waals surface area contributed by atoms with Crippen LogP contribution in [0.15, 0.2) is 18.2 Å². The van der Waals surface area contributed by atoms with E-state index in [2.05, 4.69) is 0 Å². The molecule has 1 aliphatic rings. The van der Waals surface area contributed by atoms with E-state index < -0.39 is 29.0 Å². The Labute approximate surface area is 112 Å². The van der Waals surface area contributed by atoms with E-state index in [1.165, 1.54) is 4.90 Å². The third-order valence-electron chi connectivity index (χ3n) is 3.12. The highest BCUT2D eigenvalue weighted by Gasteiger charge is 2.38. The molecule has 7 heteroatoms. The SMILES string of the molecule is O=C(c1cccc(C(F)(F)F)c1F)N(CCO)C1CC1. The number of halogens is 4. The highest BCUT2D eigenvalue weighted by atomic mass is 19.4. The lowest BCUT2D eigenvalue weighted by Gasteiger charge is -2.22. The summed E-state index contributed by atoms with van der Waals surface area (Å²) in [5.74, 6) is -2.38. The first-order chi connectivity index (χ1) is 9.36. The molecule has 20 heavy (non-hydrogen) atoms. The highest BCUT2D eigenvalue weighted by Crippen LogP contribution is 2.34. The van der Waals surface area contributed by atoms with Crippen molar-refractivity contribution < 1.29 is 27.5 Å². The van der Waals surface area contributed by atoms with Gasteiger partial charge in [-0.25, -0.2) is 4.39 Å². The van der Waals surface area contributed by atoms with Gasteiger partial charge in [-0.05, 0) is 25.0 Å². The molecule has 0 unspecified atom stereocenters. The van der Waals surface area contributed by atoms with Gasteiger partial charge in [0.1, 0.15) is 5.82 Å². The van der Waals surface area contributed by atoms with Gasteiger partial charge < -0.3 is 10.0 Å². The van der Waals surface area contributed by atoms with Gasteiger partial charge in [-0.2, -0.15) is 13.2 Å². The number of benzene rings is 1. The minimum absolute atomic E-state index is 0.0147. The van der Waals surface area contributed by atoms with Crippen molar-refractivity contribution in [3.8, 4) is 0 Å². The fourth-order valence-electron chi connectivity index (χ4n) is 2.01. The van der Waals surface area contributed by atoms with E-state index in [9.17, 15) is 22.4 Å². The maximum Gasteiger partial charge on any atom is 0.419 e. The van der Waals surface area contributed by atoms with Crippen molar-refractivity contribution in [2.45, 2.75) is 25.1 Å². The molecule has 0 spiro atoms. The molecule has 1 aromatic carbocycles. The Kier molecular flexibility index (Phi) is 3.99. The number of hydrogen-bond acceptors (Lipinski definition) is 2. The Morgan fingerprint density at radius 2 is 2.00 bits per heavy atom. The first kappa shape index (κ1) is 14.8. The first-order valence-electron chi connectivity index (χ1n) is 6.13. The largest absolute Gasteiger partial charge is 0.419 e. The van der Waals surface area contributed by atoms with Crippen molar-refractivity contribution in [1.29, 1.82) is 0 Å². The third kappa shape index (κ3) is 2.92. The summed E-state index contributed by atoms with van der Waals surface area (Å²) in [7, 11) is 0. The van der Waals surface area contributed by atoms with Gasteiger partial charge in [0, 0.05) is 12.6 Å². The zero-order valence-electron chi connectivity index (χ0n) is 10.5. The molecular formula is C13H13F4NO2. The van der Waals surface area contributed by atoms with Gasteiger partial charge in [0.2, 0.25) is 0 Å². The van der Waals surface area contributed by atoms with Gasteiger partial charge in [-0.15, -0.1) is 0 Å². The van der Waals surface area contributed by atoms with Gasteiger partial charge in [-0.1, -0.05) is 6.07 Å². The first-order valence-corrected chi connectivity index (χ1v) is 6.13. The number of carbonyl (C=O) groups is 1. The van der Waals surface area contributed by atoms with Crippen molar-refractivity contribution in [2.75, 3.05) is 13.2 Å². The van der Waals surface area contributed by atoms with Crippen LogP contribution in [-0.2, 0) is 6.18 Å². The number of amides is 1. The van der Waals surface area contributed by atoms with Crippen LogP contribution in [0.25, 0.3) is 0 Å². The quantitative estimate of drug-likeness (QED) is 0.866. The van der Waals surface area contributed by atoms with E-state index >= 15 is 0 Å². The van der Waals surface area contributed by atoms with Crippen molar-refractivity contribution in [3.05, 3.63) is 35.1 Å². The summed E-state index contributed by atoms with van der Waals surface area (Å²) in [4.78, 5) is 13.3. The molecule has 1 fully saturated rings. The molecule has 0 saturated heterocycles. The second kappa shape index (κ2) is 5.40. The van der Waals surface area contributed by atoms with Crippen LogP contribution in [0, 0.1) is 5.82 Å². The molecule has 3 nitrogen and oxygen atoms in total. The molecule has 0 heterocycles. The molecule has 2 rings (SSSR count). The molecule has 1 saturated carbocycles. The molecule has 0 aromatic heterocycles. The molecule has 0 radical (unpaired) electrons. The van der Waals surface area contributed by atoms with Crippen LogP contribution in [0.4, 0.5) is 17.6 Å². The minimum atomic E-state index is -4.85. The summed E-state index contributed by atoms with van der Waals surface area (Å²) in [6, 6.07) is 2.51. The van der Waals surface area contributed by atoms with E-state index in [0.717, 1.165) is 12.1 Å². The van der Waals surface area contributed by atoms with E-state index in [-0.39, 0.29) is 19.2 Å². The summed E-state index contributed by atoms with van der Waals surface area (Å²) in [5.41, 5.74) is -2.07. The van der Waals surface area contributed by atoms with Gasteiger partial charge in [-0.3, -0.25) is 4.79 Å². The predicted octanol–water partition coefficient (Wildman–Crippen LogP) is 2.44. The molecule has 1 amide bonds. The van der Waals surface area contributed by atoms with Crippen LogP contribution >= 0.6 is 0 Å². The summed E-state index contributed by atoms with van der Waals surface area (Å²) in [6.07, 6.45) is -3.42. The Bertz CT molecular complexity index is 512. The highest BCUT2D eigenvalue weighted by molar-refractivity contribution is 5.95. The van der Waals surface area contributed by atoms with Crippen molar-refractivity contribution in [1.82, 2.24) is 4.90 Å². The van der Waals surface area contributed by atoms with Gasteiger partial charge in [0.15, 0.2) is 0 Å². The monoisotopic (exact) mass is 291 g/mol. The molecule has 0 aliphatic heterocycles. The maximum absolute atomic E-state index is 13.9. The number of carbonyl (C=O) groups excluding carboxylic acids is 1. The summed E-state index contributed by atoms with van der Waals surface area (Å²) >= 11 is 0. The lowest BCUT2D eigenvalue weighted by atomic mass is 10.1. The van der Waals surface area contributed by atoms with Crippen LogP contribution in [0.2, 0.25) is 0 Å². The molecule has 1 aromatic rings. The number of aliphatic hydroxyl groups excluding tert-OH is 1. The lowest BCUT2D eigenvalue weighted by Crippen LogP contribution is -2.36. The summed E-state index contributed by atoms with van der Waals surface area (Å²) in [5, 5.41) is 8.89. The van der Waals surface area contributed by atoms with E-state index in [0.29, 0.717) is 18.9 Å². The molecular weight excluding hydrogens is 278 g/mol. The number of rotatable bonds is 4. The normalized spacial score (nSPS) is 15.2. The van der Waals surface area contributed by atoms with Crippen LogP contribution in [0.3, 0.4) is 0 Å². The lowest BCUT2D eigenvalue weighted by molar-refractivity contribution is -0.140. The number of hydrogen-bond donors (Lipinski definition) is 1. The fraction of sp³-hybridized carbons (Fsp3) is 0.462. The van der Waals surface area contributed by atoms with Crippen molar-refractivity contribution in [3.63, 3.8) is 0 Å². The van der Waals surface area contributed by atoms with Crippen molar-refractivity contribution >= 4 is 5.91 Å². The Morgan fingerprint density at radius 1 is 1.35 bits per heavy atom. The third-order valence-corrected chi connectivity index (χ3v) is 3.12. The molecule has 1 aliphatic carbocycles.